The quantitative estimate of drug-likeness (QED) is 0.474. The van der Waals surface area contributed by atoms with Crippen LogP contribution in [0.3, 0.4) is 0 Å². The number of halogens is 3. The maximum Gasteiger partial charge on any atom is 0.435 e. The van der Waals surface area contributed by atoms with Crippen LogP contribution in [0, 0.1) is 0 Å². The summed E-state index contributed by atoms with van der Waals surface area (Å²) in [6.07, 6.45) is 0.378. The molecule has 0 N–H and O–H groups in total. The van der Waals surface area contributed by atoms with Gasteiger partial charge in [-0.15, -0.1) is 11.8 Å². The van der Waals surface area contributed by atoms with Gasteiger partial charge in [-0.3, -0.25) is 9.67 Å². The molecule has 0 aliphatic rings. The van der Waals surface area contributed by atoms with Gasteiger partial charge in [0.05, 0.1) is 11.4 Å². The highest BCUT2D eigenvalue weighted by Gasteiger charge is 2.34. The Labute approximate surface area is 162 Å². The fourth-order valence-electron chi connectivity index (χ4n) is 2.85. The van der Waals surface area contributed by atoms with Crippen molar-refractivity contribution < 1.29 is 13.2 Å². The summed E-state index contributed by atoms with van der Waals surface area (Å²) in [5.41, 5.74) is 2.09. The largest absolute Gasteiger partial charge is 0.435 e. The van der Waals surface area contributed by atoms with Crippen LogP contribution in [0.15, 0.2) is 47.8 Å². The summed E-state index contributed by atoms with van der Waals surface area (Å²) in [5.74, 6) is 0.816. The molecule has 6 nitrogen and oxygen atoms in total. The number of aryl methyl sites for hydroxylation is 1. The zero-order valence-corrected chi connectivity index (χ0v) is 15.8. The van der Waals surface area contributed by atoms with Crippen LogP contribution in [0.4, 0.5) is 13.2 Å². The summed E-state index contributed by atoms with van der Waals surface area (Å²) in [6, 6.07) is 6.44. The third kappa shape index (κ3) is 3.35. The average Bonchev–Trinajstić information content (AvgIpc) is 3.27. The van der Waals surface area contributed by atoms with Gasteiger partial charge in [0.15, 0.2) is 11.3 Å². The van der Waals surface area contributed by atoms with E-state index in [0.29, 0.717) is 11.4 Å². The predicted octanol–water partition coefficient (Wildman–Crippen LogP) is 4.32. The van der Waals surface area contributed by atoms with Crippen molar-refractivity contribution in [3.05, 3.63) is 48.5 Å². The number of hydrogen-bond donors (Lipinski definition) is 0. The lowest BCUT2D eigenvalue weighted by atomic mass is 10.1. The Kier molecular flexibility index (Phi) is 4.58. The van der Waals surface area contributed by atoms with Gasteiger partial charge in [-0.25, -0.2) is 9.50 Å². The van der Waals surface area contributed by atoms with E-state index in [1.54, 1.807) is 34.9 Å². The van der Waals surface area contributed by atoms with E-state index in [9.17, 15) is 13.2 Å². The predicted molar refractivity (Wildman–Crippen MR) is 99.8 cm³/mol. The van der Waals surface area contributed by atoms with E-state index >= 15 is 0 Å². The lowest BCUT2D eigenvalue weighted by Crippen LogP contribution is -2.05. The van der Waals surface area contributed by atoms with Crippen LogP contribution >= 0.6 is 11.8 Å². The third-order valence-corrected chi connectivity index (χ3v) is 5.04. The lowest BCUT2D eigenvalue weighted by molar-refractivity contribution is -0.141. The molecule has 0 fully saturated rings. The van der Waals surface area contributed by atoms with Crippen molar-refractivity contribution in [1.29, 1.82) is 0 Å². The smallest absolute Gasteiger partial charge is 0.268 e. The average molecular weight is 404 g/mol. The van der Waals surface area contributed by atoms with E-state index < -0.39 is 11.9 Å². The first-order chi connectivity index (χ1) is 13.4. The fourth-order valence-corrected chi connectivity index (χ4v) is 3.66. The van der Waals surface area contributed by atoms with Gasteiger partial charge < -0.3 is 0 Å². The van der Waals surface area contributed by atoms with Crippen LogP contribution in [0.5, 0.6) is 0 Å². The number of fused-ring (bicyclic) bond motifs is 1. The summed E-state index contributed by atoms with van der Waals surface area (Å²) in [4.78, 5) is 9.79. The molecule has 0 spiro atoms. The zero-order valence-electron chi connectivity index (χ0n) is 15.0. The minimum atomic E-state index is -4.51. The minimum Gasteiger partial charge on any atom is -0.268 e. The molecular formula is C18H15F3N6S. The third-order valence-electron chi connectivity index (χ3n) is 4.13. The number of aromatic nitrogens is 6. The normalized spacial score (nSPS) is 12.0. The molecule has 0 aliphatic heterocycles. The van der Waals surface area contributed by atoms with Gasteiger partial charge in [0.25, 0.3) is 0 Å². The van der Waals surface area contributed by atoms with Gasteiger partial charge in [-0.2, -0.15) is 23.4 Å². The Morgan fingerprint density at radius 3 is 2.68 bits per heavy atom. The standard InChI is InChI=1S/C18H15F3N6S/c1-3-28-14-8-11(13-4-6-23-26(13)2)10-22-17(14)12-5-7-27-16(24-12)9-15(25-27)18(19,20)21/h4-10H,3H2,1-2H3. The highest BCUT2D eigenvalue weighted by atomic mass is 32.2. The topological polar surface area (TPSA) is 60.9 Å². The van der Waals surface area contributed by atoms with Gasteiger partial charge in [0.1, 0.15) is 5.69 Å². The van der Waals surface area contributed by atoms with E-state index in [4.69, 9.17) is 0 Å². The number of alkyl halides is 3. The van der Waals surface area contributed by atoms with Crippen molar-refractivity contribution >= 4 is 17.4 Å². The van der Waals surface area contributed by atoms with Crippen LogP contribution in [0.1, 0.15) is 12.6 Å². The van der Waals surface area contributed by atoms with E-state index in [1.807, 2.05) is 26.1 Å². The van der Waals surface area contributed by atoms with Gasteiger partial charge in [-0.05, 0) is 24.0 Å². The molecule has 4 aromatic heterocycles. The molecule has 0 aromatic carbocycles. The molecule has 28 heavy (non-hydrogen) atoms. The van der Waals surface area contributed by atoms with Gasteiger partial charge in [-0.1, -0.05) is 6.92 Å². The molecule has 10 heteroatoms. The van der Waals surface area contributed by atoms with Crippen molar-refractivity contribution in [3.63, 3.8) is 0 Å². The van der Waals surface area contributed by atoms with Gasteiger partial charge >= 0.3 is 6.18 Å². The maximum absolute atomic E-state index is 12.9. The Balaban J connectivity index is 1.80. The molecule has 0 atom stereocenters. The number of pyridine rings is 1. The molecule has 0 saturated heterocycles. The van der Waals surface area contributed by atoms with Crippen LogP contribution in [-0.4, -0.2) is 35.1 Å². The number of hydrogen-bond acceptors (Lipinski definition) is 5. The van der Waals surface area contributed by atoms with Crippen LogP contribution in [0.25, 0.3) is 28.3 Å². The Morgan fingerprint density at radius 2 is 2.00 bits per heavy atom. The maximum atomic E-state index is 12.9. The summed E-state index contributed by atoms with van der Waals surface area (Å²) in [6.45, 7) is 2.02. The molecule has 0 bridgehead atoms. The Hall–Kier alpha value is -2.88. The second-order valence-electron chi connectivity index (χ2n) is 5.99. The van der Waals surface area contributed by atoms with E-state index in [0.717, 1.165) is 32.5 Å². The summed E-state index contributed by atoms with van der Waals surface area (Å²) in [7, 11) is 1.85. The SMILES string of the molecule is CCSc1cc(-c2ccnn2C)cnc1-c1ccn2nc(C(F)(F)F)cc2n1. The Morgan fingerprint density at radius 1 is 1.18 bits per heavy atom. The molecule has 4 rings (SSSR count). The highest BCUT2D eigenvalue weighted by Crippen LogP contribution is 2.33. The van der Waals surface area contributed by atoms with Crippen LogP contribution < -0.4 is 0 Å². The summed E-state index contributed by atoms with van der Waals surface area (Å²) in [5, 5.41) is 7.70. The van der Waals surface area contributed by atoms with Crippen molar-refractivity contribution in [1.82, 2.24) is 29.4 Å². The van der Waals surface area contributed by atoms with Crippen molar-refractivity contribution in [2.75, 3.05) is 5.75 Å². The van der Waals surface area contributed by atoms with Gasteiger partial charge in [0.2, 0.25) is 0 Å². The number of thioether (sulfide) groups is 1. The molecule has 0 unspecified atom stereocenters. The first-order valence-electron chi connectivity index (χ1n) is 8.42. The molecule has 0 saturated carbocycles. The van der Waals surface area contributed by atoms with Crippen LogP contribution in [-0.2, 0) is 13.2 Å². The van der Waals surface area contributed by atoms with Crippen LogP contribution in [0.2, 0.25) is 0 Å². The molecule has 0 amide bonds. The Bertz CT molecular complexity index is 1150. The summed E-state index contributed by atoms with van der Waals surface area (Å²) >= 11 is 1.59. The van der Waals surface area contributed by atoms with E-state index in [1.165, 1.54) is 6.20 Å². The van der Waals surface area contributed by atoms with Crippen molar-refractivity contribution in [2.24, 2.45) is 7.05 Å². The lowest BCUT2D eigenvalue weighted by Gasteiger charge is -2.10. The second-order valence-corrected chi connectivity index (χ2v) is 7.29. The fraction of sp³-hybridized carbons (Fsp3) is 0.222. The summed E-state index contributed by atoms with van der Waals surface area (Å²) < 4.78 is 41.6. The first-order valence-corrected chi connectivity index (χ1v) is 9.40. The molecule has 0 radical (unpaired) electrons. The van der Waals surface area contributed by atoms with E-state index in [-0.39, 0.29) is 5.65 Å². The highest BCUT2D eigenvalue weighted by molar-refractivity contribution is 7.99. The minimum absolute atomic E-state index is 0.120. The molecule has 4 heterocycles. The second kappa shape index (κ2) is 6.93. The van der Waals surface area contributed by atoms with Crippen molar-refractivity contribution in [2.45, 2.75) is 18.0 Å². The molecular weight excluding hydrogens is 389 g/mol. The number of nitrogens with zero attached hydrogens (tertiary/aromatic N) is 6. The van der Waals surface area contributed by atoms with E-state index in [2.05, 4.69) is 20.2 Å². The van der Waals surface area contributed by atoms with Gasteiger partial charge in [0, 0.05) is 42.2 Å². The molecule has 0 aliphatic carbocycles. The van der Waals surface area contributed by atoms with Crippen molar-refractivity contribution in [3.8, 4) is 22.6 Å². The first kappa shape index (κ1) is 18.5. The number of rotatable bonds is 4. The monoisotopic (exact) mass is 404 g/mol. The molecule has 4 aromatic rings. The zero-order chi connectivity index (χ0) is 19.9. The molecule has 144 valence electrons.